The molecule has 0 spiro atoms. The zero-order chi connectivity index (χ0) is 10.8. The van der Waals surface area contributed by atoms with Crippen LogP contribution < -0.4 is 10.9 Å². The van der Waals surface area contributed by atoms with E-state index < -0.39 is 0 Å². The van der Waals surface area contributed by atoms with E-state index in [2.05, 4.69) is 16.4 Å². The second kappa shape index (κ2) is 3.87. The predicted molar refractivity (Wildman–Crippen MR) is 56.5 cm³/mol. The minimum Gasteiger partial charge on any atom is -0.327 e. The highest BCUT2D eigenvalue weighted by molar-refractivity contribution is 5.24. The normalized spacial score (nSPS) is 25.1. The van der Waals surface area contributed by atoms with Crippen molar-refractivity contribution in [1.29, 1.82) is 5.26 Å². The first-order chi connectivity index (χ1) is 7.20. The van der Waals surface area contributed by atoms with E-state index in [1.165, 1.54) is 0 Å². The van der Waals surface area contributed by atoms with Gasteiger partial charge in [-0.25, -0.2) is 0 Å². The van der Waals surface area contributed by atoms with Crippen LogP contribution in [0.25, 0.3) is 0 Å². The maximum absolute atomic E-state index is 11.3. The van der Waals surface area contributed by atoms with E-state index in [0.717, 1.165) is 17.8 Å². The van der Waals surface area contributed by atoms with Crippen molar-refractivity contribution < 1.29 is 0 Å². The van der Waals surface area contributed by atoms with Gasteiger partial charge >= 0.3 is 0 Å². The lowest BCUT2D eigenvalue weighted by molar-refractivity contribution is 0.644. The Labute approximate surface area is 87.9 Å². The number of nitrogens with one attached hydrogen (secondary N) is 2. The lowest BCUT2D eigenvalue weighted by atomic mass is 9.90. The lowest BCUT2D eigenvalue weighted by Gasteiger charge is -2.12. The fourth-order valence-electron chi connectivity index (χ4n) is 2.09. The third-order valence-corrected chi connectivity index (χ3v) is 2.81. The first-order valence-corrected chi connectivity index (χ1v) is 5.02. The Morgan fingerprint density at radius 2 is 2.27 bits per heavy atom. The summed E-state index contributed by atoms with van der Waals surface area (Å²) in [5.74, 6) is 0.127. The van der Waals surface area contributed by atoms with E-state index in [1.54, 1.807) is 6.07 Å². The molecule has 0 unspecified atom stereocenters. The molecule has 1 aliphatic heterocycles. The van der Waals surface area contributed by atoms with Gasteiger partial charge in [-0.3, -0.25) is 4.79 Å². The predicted octanol–water partition coefficient (Wildman–Crippen LogP) is 0.510. The largest absolute Gasteiger partial charge is 0.327 e. The monoisotopic (exact) mass is 203 g/mol. The van der Waals surface area contributed by atoms with Crippen molar-refractivity contribution in [3.63, 3.8) is 0 Å². The molecule has 1 saturated heterocycles. The molecule has 0 bridgehead atoms. The van der Waals surface area contributed by atoms with Gasteiger partial charge in [-0.05, 0) is 18.6 Å². The minimum absolute atomic E-state index is 0.0220. The van der Waals surface area contributed by atoms with E-state index in [9.17, 15) is 4.79 Å². The van der Waals surface area contributed by atoms with Crippen molar-refractivity contribution in [3.05, 3.63) is 33.7 Å². The van der Waals surface area contributed by atoms with E-state index in [1.807, 2.05) is 13.0 Å². The number of pyridine rings is 1. The number of nitrogens with zero attached hydrogens (tertiary/aromatic N) is 1. The highest BCUT2D eigenvalue weighted by atomic mass is 16.1. The number of rotatable bonds is 1. The van der Waals surface area contributed by atoms with Crippen LogP contribution in [0.1, 0.15) is 17.2 Å². The highest BCUT2D eigenvalue weighted by Gasteiger charge is 2.28. The SMILES string of the molecule is Cc1cc([C@@H]2CNC[C@H]2C#N)cc(=O)[nH]1. The van der Waals surface area contributed by atoms with Gasteiger partial charge in [-0.2, -0.15) is 5.26 Å². The maximum Gasteiger partial charge on any atom is 0.248 e. The van der Waals surface area contributed by atoms with E-state index in [4.69, 9.17) is 5.26 Å². The summed E-state index contributed by atoms with van der Waals surface area (Å²) < 4.78 is 0. The molecular weight excluding hydrogens is 190 g/mol. The van der Waals surface area contributed by atoms with Crippen LogP contribution in [0.2, 0.25) is 0 Å². The molecule has 0 amide bonds. The van der Waals surface area contributed by atoms with Crippen molar-refractivity contribution >= 4 is 0 Å². The summed E-state index contributed by atoms with van der Waals surface area (Å²) in [7, 11) is 0. The van der Waals surface area contributed by atoms with Crippen LogP contribution in [0.5, 0.6) is 0 Å². The summed E-state index contributed by atoms with van der Waals surface area (Å²) in [6, 6.07) is 5.82. The lowest BCUT2D eigenvalue weighted by Crippen LogP contribution is -2.14. The zero-order valence-corrected chi connectivity index (χ0v) is 8.58. The number of nitriles is 1. The summed E-state index contributed by atoms with van der Waals surface area (Å²) >= 11 is 0. The van der Waals surface area contributed by atoms with Gasteiger partial charge in [0.2, 0.25) is 5.56 Å². The summed E-state index contributed by atoms with van der Waals surface area (Å²) in [6.45, 7) is 3.35. The molecule has 0 aliphatic carbocycles. The Kier molecular flexibility index (Phi) is 2.57. The van der Waals surface area contributed by atoms with Crippen LogP contribution in [-0.4, -0.2) is 18.1 Å². The molecule has 1 aliphatic rings. The Hall–Kier alpha value is -1.60. The van der Waals surface area contributed by atoms with Gasteiger partial charge in [0.1, 0.15) is 0 Å². The number of aryl methyl sites for hydroxylation is 1. The van der Waals surface area contributed by atoms with Gasteiger partial charge < -0.3 is 10.3 Å². The maximum atomic E-state index is 11.3. The first-order valence-electron chi connectivity index (χ1n) is 5.02. The van der Waals surface area contributed by atoms with Crippen molar-refractivity contribution in [3.8, 4) is 6.07 Å². The van der Waals surface area contributed by atoms with Crippen LogP contribution in [0.3, 0.4) is 0 Å². The Morgan fingerprint density at radius 1 is 1.47 bits per heavy atom. The molecule has 2 heterocycles. The van der Waals surface area contributed by atoms with Gasteiger partial charge in [-0.15, -0.1) is 0 Å². The molecule has 0 radical (unpaired) electrons. The number of aromatic amines is 1. The summed E-state index contributed by atoms with van der Waals surface area (Å²) in [6.07, 6.45) is 0. The molecule has 0 aromatic carbocycles. The highest BCUT2D eigenvalue weighted by Crippen LogP contribution is 2.26. The van der Waals surface area contributed by atoms with Crippen molar-refractivity contribution in [2.24, 2.45) is 5.92 Å². The molecule has 1 aromatic heterocycles. The van der Waals surface area contributed by atoms with Crippen LogP contribution in [0.4, 0.5) is 0 Å². The molecule has 15 heavy (non-hydrogen) atoms. The molecule has 2 N–H and O–H groups in total. The smallest absolute Gasteiger partial charge is 0.248 e. The number of hydrogen-bond acceptors (Lipinski definition) is 3. The van der Waals surface area contributed by atoms with Gasteiger partial charge in [0, 0.05) is 30.8 Å². The number of H-pyrrole nitrogens is 1. The summed E-state index contributed by atoms with van der Waals surface area (Å²) in [5, 5.41) is 12.1. The Bertz CT molecular complexity index is 458. The minimum atomic E-state index is -0.0893. The molecular formula is C11H13N3O. The summed E-state index contributed by atoms with van der Waals surface area (Å²) in [5.41, 5.74) is 1.72. The summed E-state index contributed by atoms with van der Waals surface area (Å²) in [4.78, 5) is 14.0. The van der Waals surface area contributed by atoms with E-state index in [0.29, 0.717) is 6.54 Å². The average molecular weight is 203 g/mol. The van der Waals surface area contributed by atoms with Crippen LogP contribution >= 0.6 is 0 Å². The van der Waals surface area contributed by atoms with Crippen LogP contribution in [0.15, 0.2) is 16.9 Å². The third-order valence-electron chi connectivity index (χ3n) is 2.81. The second-order valence-corrected chi connectivity index (χ2v) is 3.96. The van der Waals surface area contributed by atoms with Crippen molar-refractivity contribution in [2.45, 2.75) is 12.8 Å². The average Bonchev–Trinajstić information content (AvgIpc) is 2.63. The Morgan fingerprint density at radius 3 is 2.93 bits per heavy atom. The zero-order valence-electron chi connectivity index (χ0n) is 8.58. The fraction of sp³-hybridized carbons (Fsp3) is 0.455. The number of hydrogen-bond donors (Lipinski definition) is 2. The van der Waals surface area contributed by atoms with Crippen molar-refractivity contribution in [1.82, 2.24) is 10.3 Å². The van der Waals surface area contributed by atoms with Crippen molar-refractivity contribution in [2.75, 3.05) is 13.1 Å². The molecule has 2 rings (SSSR count). The van der Waals surface area contributed by atoms with Gasteiger partial charge in [-0.1, -0.05) is 0 Å². The fourth-order valence-corrected chi connectivity index (χ4v) is 2.09. The standard InChI is InChI=1S/C11H13N3O/c1-7-2-8(3-11(15)14-7)10-6-13-5-9(10)4-12/h2-3,9-10,13H,5-6H2,1H3,(H,14,15)/t9-,10+/m1/s1. The molecule has 1 fully saturated rings. The molecule has 4 heteroatoms. The molecule has 2 atom stereocenters. The van der Waals surface area contributed by atoms with E-state index in [-0.39, 0.29) is 17.4 Å². The quantitative estimate of drug-likeness (QED) is 0.698. The Balaban J connectivity index is 2.37. The molecule has 78 valence electrons. The molecule has 1 aromatic rings. The second-order valence-electron chi connectivity index (χ2n) is 3.96. The van der Waals surface area contributed by atoms with Crippen LogP contribution in [0, 0.1) is 24.2 Å². The molecule has 4 nitrogen and oxygen atoms in total. The van der Waals surface area contributed by atoms with Crippen LogP contribution in [-0.2, 0) is 0 Å². The number of aromatic nitrogens is 1. The topological polar surface area (TPSA) is 68.7 Å². The van der Waals surface area contributed by atoms with Gasteiger partial charge in [0.05, 0.1) is 12.0 Å². The molecule has 0 saturated carbocycles. The van der Waals surface area contributed by atoms with E-state index >= 15 is 0 Å². The third kappa shape index (κ3) is 1.92. The van der Waals surface area contributed by atoms with Gasteiger partial charge in [0.25, 0.3) is 0 Å². The first kappa shape index (κ1) is 9.94. The van der Waals surface area contributed by atoms with Gasteiger partial charge in [0.15, 0.2) is 0 Å².